The van der Waals surface area contributed by atoms with Gasteiger partial charge >= 0.3 is 0 Å². The number of aryl methyl sites for hydroxylation is 1. The largest absolute Gasteiger partial charge is 0.492 e. The molecule has 2 heteroatoms. The summed E-state index contributed by atoms with van der Waals surface area (Å²) in [6.45, 7) is 10.6. The first kappa shape index (κ1) is 16.4. The minimum atomic E-state index is 0.507. The summed E-state index contributed by atoms with van der Waals surface area (Å²) >= 11 is 0. The molecule has 2 nitrogen and oxygen atoms in total. The molecule has 2 unspecified atom stereocenters. The van der Waals surface area contributed by atoms with Crippen LogP contribution in [0.1, 0.15) is 63.5 Å². The van der Waals surface area contributed by atoms with Crippen molar-refractivity contribution in [2.24, 2.45) is 5.92 Å². The Morgan fingerprint density at radius 1 is 1.29 bits per heavy atom. The van der Waals surface area contributed by atoms with Gasteiger partial charge in [-0.2, -0.15) is 0 Å². The molecule has 0 aliphatic heterocycles. The maximum absolute atomic E-state index is 6.03. The summed E-state index contributed by atoms with van der Waals surface area (Å²) in [6, 6.07) is 7.23. The smallest absolute Gasteiger partial charge is 0.123 e. The second-order valence-corrected chi connectivity index (χ2v) is 6.97. The normalized spacial score (nSPS) is 22.5. The summed E-state index contributed by atoms with van der Waals surface area (Å²) in [5, 5.41) is 3.66. The summed E-state index contributed by atoms with van der Waals surface area (Å²) in [5.74, 6) is 2.44. The minimum Gasteiger partial charge on any atom is -0.492 e. The quantitative estimate of drug-likeness (QED) is 0.769. The summed E-state index contributed by atoms with van der Waals surface area (Å²) in [4.78, 5) is 0. The molecule has 2 rings (SSSR count). The average molecular weight is 289 g/mol. The fourth-order valence-electron chi connectivity index (χ4n) is 3.29. The highest BCUT2D eigenvalue weighted by Gasteiger charge is 2.17. The molecule has 1 fully saturated rings. The number of benzene rings is 1. The van der Waals surface area contributed by atoms with E-state index in [0.717, 1.165) is 24.8 Å². The van der Waals surface area contributed by atoms with Crippen LogP contribution in [0.25, 0.3) is 0 Å². The summed E-state index contributed by atoms with van der Waals surface area (Å²) < 4.78 is 6.03. The van der Waals surface area contributed by atoms with E-state index >= 15 is 0 Å². The molecule has 0 aromatic heterocycles. The van der Waals surface area contributed by atoms with Crippen molar-refractivity contribution in [3.8, 4) is 5.75 Å². The number of hydrogen-bond donors (Lipinski definition) is 1. The van der Waals surface area contributed by atoms with Crippen LogP contribution in [0.15, 0.2) is 18.2 Å². The molecule has 1 aromatic rings. The van der Waals surface area contributed by atoms with E-state index in [1.807, 2.05) is 0 Å². The summed E-state index contributed by atoms with van der Waals surface area (Å²) in [5.41, 5.74) is 2.58. The highest BCUT2D eigenvalue weighted by Crippen LogP contribution is 2.27. The van der Waals surface area contributed by atoms with Gasteiger partial charge in [0.2, 0.25) is 0 Å². The van der Waals surface area contributed by atoms with E-state index in [-0.39, 0.29) is 0 Å². The molecule has 1 saturated carbocycles. The van der Waals surface area contributed by atoms with Crippen LogP contribution in [0.3, 0.4) is 0 Å². The van der Waals surface area contributed by atoms with Crippen LogP contribution in [0.2, 0.25) is 0 Å². The Morgan fingerprint density at radius 2 is 2.10 bits per heavy atom. The van der Waals surface area contributed by atoms with Crippen molar-refractivity contribution in [1.29, 1.82) is 0 Å². The lowest BCUT2D eigenvalue weighted by atomic mass is 9.87. The maximum Gasteiger partial charge on any atom is 0.123 e. The zero-order chi connectivity index (χ0) is 15.2. The zero-order valence-corrected chi connectivity index (χ0v) is 14.1. The van der Waals surface area contributed by atoms with Crippen molar-refractivity contribution < 1.29 is 4.74 Å². The number of hydrogen-bond acceptors (Lipinski definition) is 2. The molecule has 2 atom stereocenters. The van der Waals surface area contributed by atoms with Gasteiger partial charge < -0.3 is 10.1 Å². The Bertz CT molecular complexity index is 441. The molecule has 0 saturated heterocycles. The fourth-order valence-corrected chi connectivity index (χ4v) is 3.29. The monoisotopic (exact) mass is 289 g/mol. The van der Waals surface area contributed by atoms with Crippen LogP contribution < -0.4 is 10.1 Å². The number of ether oxygens (including phenoxy) is 1. The van der Waals surface area contributed by atoms with Gasteiger partial charge in [-0.25, -0.2) is 0 Å². The van der Waals surface area contributed by atoms with Crippen LogP contribution in [0, 0.1) is 12.8 Å². The molecule has 0 amide bonds. The standard InChI is InChI=1S/C19H31NO/c1-14(2)18-9-8-16(4)13-19(18)21-11-10-20-17-7-5-6-15(3)12-17/h8-9,13-15,17,20H,5-7,10-12H2,1-4H3. The Labute approximate surface area is 130 Å². The highest BCUT2D eigenvalue weighted by atomic mass is 16.5. The van der Waals surface area contributed by atoms with E-state index in [1.165, 1.54) is 36.8 Å². The van der Waals surface area contributed by atoms with Crippen molar-refractivity contribution in [3.63, 3.8) is 0 Å². The fraction of sp³-hybridized carbons (Fsp3) is 0.684. The molecule has 118 valence electrons. The zero-order valence-electron chi connectivity index (χ0n) is 14.1. The molecule has 0 spiro atoms. The predicted octanol–water partition coefficient (Wildman–Crippen LogP) is 4.67. The Kier molecular flexibility index (Phi) is 6.10. The first-order valence-electron chi connectivity index (χ1n) is 8.53. The number of rotatable bonds is 6. The first-order valence-corrected chi connectivity index (χ1v) is 8.53. The van der Waals surface area contributed by atoms with E-state index in [1.54, 1.807) is 0 Å². The van der Waals surface area contributed by atoms with E-state index in [0.29, 0.717) is 12.0 Å². The van der Waals surface area contributed by atoms with E-state index in [2.05, 4.69) is 51.2 Å². The lowest BCUT2D eigenvalue weighted by Gasteiger charge is -2.27. The van der Waals surface area contributed by atoms with E-state index in [9.17, 15) is 0 Å². The molecule has 0 bridgehead atoms. The third-order valence-corrected chi connectivity index (χ3v) is 4.52. The maximum atomic E-state index is 6.03. The van der Waals surface area contributed by atoms with Gasteiger partial charge in [-0.05, 0) is 48.8 Å². The molecule has 0 radical (unpaired) electrons. The van der Waals surface area contributed by atoms with E-state index in [4.69, 9.17) is 4.74 Å². The Hall–Kier alpha value is -1.02. The van der Waals surface area contributed by atoms with Crippen LogP contribution >= 0.6 is 0 Å². The van der Waals surface area contributed by atoms with Crippen molar-refractivity contribution in [3.05, 3.63) is 29.3 Å². The van der Waals surface area contributed by atoms with Gasteiger partial charge in [-0.15, -0.1) is 0 Å². The van der Waals surface area contributed by atoms with Crippen molar-refractivity contribution in [2.45, 2.75) is 65.3 Å². The lowest BCUT2D eigenvalue weighted by molar-refractivity contribution is 0.265. The van der Waals surface area contributed by atoms with Gasteiger partial charge in [-0.1, -0.05) is 45.7 Å². The molecule has 0 heterocycles. The molecule has 1 N–H and O–H groups in total. The first-order chi connectivity index (χ1) is 10.1. The molecule has 1 aromatic carbocycles. The highest BCUT2D eigenvalue weighted by molar-refractivity contribution is 5.39. The van der Waals surface area contributed by atoms with Crippen LogP contribution in [0.4, 0.5) is 0 Å². The van der Waals surface area contributed by atoms with Crippen LogP contribution in [-0.4, -0.2) is 19.2 Å². The van der Waals surface area contributed by atoms with E-state index < -0.39 is 0 Å². The van der Waals surface area contributed by atoms with Crippen molar-refractivity contribution in [2.75, 3.05) is 13.2 Å². The second-order valence-electron chi connectivity index (χ2n) is 6.97. The Balaban J connectivity index is 1.79. The topological polar surface area (TPSA) is 21.3 Å². The van der Waals surface area contributed by atoms with Gasteiger partial charge in [-0.3, -0.25) is 0 Å². The van der Waals surface area contributed by atoms with Gasteiger partial charge in [0.1, 0.15) is 12.4 Å². The summed E-state index contributed by atoms with van der Waals surface area (Å²) in [7, 11) is 0. The third kappa shape index (κ3) is 5.03. The summed E-state index contributed by atoms with van der Waals surface area (Å²) in [6.07, 6.45) is 5.42. The van der Waals surface area contributed by atoms with Crippen LogP contribution in [0.5, 0.6) is 5.75 Å². The molecule has 1 aliphatic rings. The molecular weight excluding hydrogens is 258 g/mol. The SMILES string of the molecule is Cc1ccc(C(C)C)c(OCCNC2CCCC(C)C2)c1. The second kappa shape index (κ2) is 7.84. The molecule has 21 heavy (non-hydrogen) atoms. The van der Waals surface area contributed by atoms with Crippen molar-refractivity contribution >= 4 is 0 Å². The van der Waals surface area contributed by atoms with Gasteiger partial charge in [0.05, 0.1) is 0 Å². The number of nitrogens with one attached hydrogen (secondary N) is 1. The predicted molar refractivity (Wildman–Crippen MR) is 90.2 cm³/mol. The Morgan fingerprint density at radius 3 is 2.81 bits per heavy atom. The van der Waals surface area contributed by atoms with Gasteiger partial charge in [0.25, 0.3) is 0 Å². The third-order valence-electron chi connectivity index (χ3n) is 4.52. The van der Waals surface area contributed by atoms with Gasteiger partial charge in [0.15, 0.2) is 0 Å². The van der Waals surface area contributed by atoms with Gasteiger partial charge in [0, 0.05) is 12.6 Å². The minimum absolute atomic E-state index is 0.507. The van der Waals surface area contributed by atoms with Crippen molar-refractivity contribution in [1.82, 2.24) is 5.32 Å². The molecular formula is C19H31NO. The lowest BCUT2D eigenvalue weighted by Crippen LogP contribution is -2.36. The average Bonchev–Trinajstić information content (AvgIpc) is 2.43. The van der Waals surface area contributed by atoms with Crippen LogP contribution in [-0.2, 0) is 0 Å². The molecule has 1 aliphatic carbocycles.